The molecule has 6 nitrogen and oxygen atoms in total. The fourth-order valence-electron chi connectivity index (χ4n) is 2.54. The Bertz CT molecular complexity index is 738. The van der Waals surface area contributed by atoms with Gasteiger partial charge in [-0.05, 0) is 51.2 Å². The Morgan fingerprint density at radius 1 is 1.14 bits per heavy atom. The molecule has 6 heteroatoms. The van der Waals surface area contributed by atoms with Gasteiger partial charge in [0.05, 0.1) is 5.70 Å². The highest BCUT2D eigenvalue weighted by atomic mass is 16.2. The van der Waals surface area contributed by atoms with Gasteiger partial charge in [-0.25, -0.2) is 0 Å². The molecule has 0 aromatic rings. The molecule has 1 rings (SSSR count). The number of ketones is 1. The molecule has 28 heavy (non-hydrogen) atoms. The second-order valence-corrected chi connectivity index (χ2v) is 7.30. The lowest BCUT2D eigenvalue weighted by Crippen LogP contribution is -2.23. The molecule has 0 aromatic carbocycles. The molecule has 1 saturated carbocycles. The fraction of sp³-hybridized carbons (Fsp3) is 0.545. The van der Waals surface area contributed by atoms with Crippen molar-refractivity contribution >= 4 is 23.6 Å². The number of nitrogens with one attached hydrogen (secondary N) is 2. The van der Waals surface area contributed by atoms with Crippen molar-refractivity contribution in [3.63, 3.8) is 0 Å². The van der Waals surface area contributed by atoms with Crippen LogP contribution in [-0.4, -0.2) is 36.7 Å². The van der Waals surface area contributed by atoms with E-state index in [4.69, 9.17) is 4.99 Å². The Hall–Kier alpha value is -2.50. The van der Waals surface area contributed by atoms with E-state index >= 15 is 0 Å². The summed E-state index contributed by atoms with van der Waals surface area (Å²) in [6.45, 7) is 11.0. The summed E-state index contributed by atoms with van der Waals surface area (Å²) in [6.07, 6.45) is 8.86. The van der Waals surface area contributed by atoms with E-state index in [9.17, 15) is 9.59 Å². The number of hydrogen-bond acceptors (Lipinski definition) is 5. The van der Waals surface area contributed by atoms with Gasteiger partial charge in [-0.2, -0.15) is 0 Å². The third-order valence-electron chi connectivity index (χ3n) is 4.48. The molecule has 0 heterocycles. The third kappa shape index (κ3) is 8.46. The van der Waals surface area contributed by atoms with Crippen LogP contribution >= 0.6 is 0 Å². The molecule has 1 amide bonds. The minimum absolute atomic E-state index is 0.223. The van der Waals surface area contributed by atoms with Crippen LogP contribution < -0.4 is 10.6 Å². The summed E-state index contributed by atoms with van der Waals surface area (Å²) in [5, 5.41) is 6.17. The van der Waals surface area contributed by atoms with E-state index in [2.05, 4.69) is 35.5 Å². The second kappa shape index (κ2) is 11.4. The average Bonchev–Trinajstić information content (AvgIpc) is 3.42. The molecule has 0 aromatic heterocycles. The van der Waals surface area contributed by atoms with Crippen molar-refractivity contribution in [1.29, 1.82) is 0 Å². The van der Waals surface area contributed by atoms with Gasteiger partial charge in [0.2, 0.25) is 5.91 Å². The molecule has 0 aliphatic heterocycles. The fourth-order valence-corrected chi connectivity index (χ4v) is 2.54. The molecule has 0 radical (unpaired) electrons. The molecule has 0 unspecified atom stereocenters. The van der Waals surface area contributed by atoms with Crippen LogP contribution in [0.25, 0.3) is 0 Å². The first-order valence-corrected chi connectivity index (χ1v) is 9.84. The van der Waals surface area contributed by atoms with Crippen LogP contribution in [0.5, 0.6) is 0 Å². The van der Waals surface area contributed by atoms with E-state index in [0.29, 0.717) is 17.5 Å². The maximum atomic E-state index is 11.8. The summed E-state index contributed by atoms with van der Waals surface area (Å²) in [5.41, 5.74) is 3.71. The Balaban J connectivity index is 3.25. The predicted molar refractivity (Wildman–Crippen MR) is 117 cm³/mol. The van der Waals surface area contributed by atoms with E-state index in [1.54, 1.807) is 19.3 Å². The zero-order valence-corrected chi connectivity index (χ0v) is 18.2. The lowest BCUT2D eigenvalue weighted by Gasteiger charge is -2.16. The SMILES string of the molecule is CC[C@@H](C)/C(=C\C(C)=N/C(C)=C(/C=N\C)\C=C(/NC(C)=O)C(C)=O)NC1CC1. The number of carbonyl (C=O) groups excluding carboxylic acids is 2. The number of amides is 1. The maximum Gasteiger partial charge on any atom is 0.221 e. The summed E-state index contributed by atoms with van der Waals surface area (Å²) < 4.78 is 0. The first kappa shape index (κ1) is 23.5. The van der Waals surface area contributed by atoms with E-state index in [1.165, 1.54) is 32.4 Å². The minimum atomic E-state index is -0.293. The van der Waals surface area contributed by atoms with Gasteiger partial charge in [0, 0.05) is 55.8 Å². The number of hydrogen-bond donors (Lipinski definition) is 2. The largest absolute Gasteiger partial charge is 0.385 e. The number of aliphatic imine (C=N–C) groups is 2. The van der Waals surface area contributed by atoms with Crippen molar-refractivity contribution in [3.8, 4) is 0 Å². The van der Waals surface area contributed by atoms with Crippen LogP contribution in [-0.2, 0) is 9.59 Å². The van der Waals surface area contributed by atoms with Crippen molar-refractivity contribution in [3.05, 3.63) is 34.8 Å². The van der Waals surface area contributed by atoms with Crippen molar-refractivity contribution in [2.45, 2.75) is 66.8 Å². The minimum Gasteiger partial charge on any atom is -0.385 e. The molecule has 154 valence electrons. The van der Waals surface area contributed by atoms with Crippen molar-refractivity contribution in [1.82, 2.24) is 10.6 Å². The molecule has 2 N–H and O–H groups in total. The molecule has 1 fully saturated rings. The number of rotatable bonds is 10. The molecule has 0 spiro atoms. The standard InChI is InChI=1S/C22H34N4O2/c1-8-14(2)21(26-20-9-10-20)11-15(3)24-16(4)19(13-23-7)12-22(17(5)27)25-18(6)28/h11-14,20,26H,8-10H2,1-7H3,(H,25,28)/b19-16+,21-11+,22-12-,23-13-,24-15-/t14-/m1/s1. The molecule has 1 aliphatic carbocycles. The number of nitrogens with zero attached hydrogens (tertiary/aromatic N) is 2. The predicted octanol–water partition coefficient (Wildman–Crippen LogP) is 3.71. The van der Waals surface area contributed by atoms with Crippen LogP contribution in [0, 0.1) is 5.92 Å². The van der Waals surface area contributed by atoms with Gasteiger partial charge in [0.1, 0.15) is 0 Å². The number of allylic oxidation sites excluding steroid dienone is 6. The van der Waals surface area contributed by atoms with Gasteiger partial charge in [0.25, 0.3) is 0 Å². The Kier molecular flexibility index (Phi) is 9.56. The van der Waals surface area contributed by atoms with Gasteiger partial charge in [-0.3, -0.25) is 19.6 Å². The average molecular weight is 387 g/mol. The smallest absolute Gasteiger partial charge is 0.221 e. The highest BCUT2D eigenvalue weighted by Gasteiger charge is 2.23. The Morgan fingerprint density at radius 2 is 1.79 bits per heavy atom. The van der Waals surface area contributed by atoms with E-state index in [0.717, 1.165) is 17.8 Å². The van der Waals surface area contributed by atoms with Crippen LogP contribution in [0.2, 0.25) is 0 Å². The summed E-state index contributed by atoms with van der Waals surface area (Å²) in [6, 6.07) is 0.589. The van der Waals surface area contributed by atoms with Crippen LogP contribution in [0.1, 0.15) is 60.8 Å². The normalized spacial score (nSPS) is 18.0. The van der Waals surface area contributed by atoms with Crippen molar-refractivity contribution in [2.24, 2.45) is 15.9 Å². The van der Waals surface area contributed by atoms with Crippen molar-refractivity contribution < 1.29 is 9.59 Å². The molecular weight excluding hydrogens is 352 g/mol. The monoisotopic (exact) mass is 386 g/mol. The molecule has 0 saturated heterocycles. The van der Waals surface area contributed by atoms with Gasteiger partial charge >= 0.3 is 0 Å². The maximum absolute atomic E-state index is 11.8. The number of carbonyl (C=O) groups is 2. The first-order chi connectivity index (χ1) is 13.2. The molecule has 1 aliphatic rings. The summed E-state index contributed by atoms with van der Waals surface area (Å²) in [7, 11) is 1.66. The lowest BCUT2D eigenvalue weighted by atomic mass is 10.0. The van der Waals surface area contributed by atoms with Gasteiger partial charge in [-0.1, -0.05) is 13.8 Å². The zero-order valence-electron chi connectivity index (χ0n) is 18.2. The third-order valence-corrected chi connectivity index (χ3v) is 4.48. The van der Waals surface area contributed by atoms with E-state index in [-0.39, 0.29) is 17.4 Å². The van der Waals surface area contributed by atoms with Crippen LogP contribution in [0.3, 0.4) is 0 Å². The summed E-state index contributed by atoms with van der Waals surface area (Å²) >= 11 is 0. The molecular formula is C22H34N4O2. The zero-order chi connectivity index (χ0) is 21.3. The number of Topliss-reactive ketones (excluding diaryl/α,β-unsaturated/α-hetero) is 1. The second-order valence-electron chi connectivity index (χ2n) is 7.30. The first-order valence-electron chi connectivity index (χ1n) is 9.84. The molecule has 1 atom stereocenters. The van der Waals surface area contributed by atoms with Crippen LogP contribution in [0.15, 0.2) is 44.8 Å². The van der Waals surface area contributed by atoms with E-state index in [1.807, 2.05) is 13.8 Å². The van der Waals surface area contributed by atoms with Gasteiger partial charge in [-0.15, -0.1) is 0 Å². The van der Waals surface area contributed by atoms with E-state index < -0.39 is 0 Å². The summed E-state index contributed by atoms with van der Waals surface area (Å²) in [5.74, 6) is -0.0761. The Labute approximate surface area is 169 Å². The summed E-state index contributed by atoms with van der Waals surface area (Å²) in [4.78, 5) is 31.9. The van der Waals surface area contributed by atoms with Crippen molar-refractivity contribution in [2.75, 3.05) is 7.05 Å². The topological polar surface area (TPSA) is 82.9 Å². The highest BCUT2D eigenvalue weighted by molar-refractivity contribution is 5.99. The quantitative estimate of drug-likeness (QED) is 0.341. The molecule has 0 bridgehead atoms. The lowest BCUT2D eigenvalue weighted by molar-refractivity contribution is -0.121. The van der Waals surface area contributed by atoms with Gasteiger partial charge in [0.15, 0.2) is 5.78 Å². The highest BCUT2D eigenvalue weighted by Crippen LogP contribution is 2.23. The Morgan fingerprint density at radius 3 is 2.25 bits per heavy atom. The van der Waals surface area contributed by atoms with Crippen LogP contribution in [0.4, 0.5) is 0 Å². The van der Waals surface area contributed by atoms with Gasteiger partial charge < -0.3 is 10.6 Å².